The van der Waals surface area contributed by atoms with E-state index in [1.54, 1.807) is 6.08 Å². The summed E-state index contributed by atoms with van der Waals surface area (Å²) in [5.41, 5.74) is 0. The molecule has 0 saturated carbocycles. The lowest BCUT2D eigenvalue weighted by Crippen LogP contribution is -2.06. The first kappa shape index (κ1) is 11.5. The number of unbranched alkanes of at least 4 members (excludes halogenated alkanes) is 1. The minimum absolute atomic E-state index is 1.16. The summed E-state index contributed by atoms with van der Waals surface area (Å²) in [6, 6.07) is 0. The van der Waals surface area contributed by atoms with Gasteiger partial charge in [-0.05, 0) is 26.9 Å². The van der Waals surface area contributed by atoms with Crippen molar-refractivity contribution in [1.82, 2.24) is 5.32 Å². The molecule has 0 aliphatic rings. The zero-order valence-electron chi connectivity index (χ0n) is 6.91. The molecule has 0 spiro atoms. The minimum Gasteiger partial charge on any atom is -0.320 e. The average molecular weight is 129 g/mol. The second kappa shape index (κ2) is 15.6. The molecular formula is C8H19N. The zero-order valence-corrected chi connectivity index (χ0v) is 6.91. The highest BCUT2D eigenvalue weighted by atomic mass is 14.8. The molecule has 0 amide bonds. The topological polar surface area (TPSA) is 12.0 Å². The minimum atomic E-state index is 1.16. The van der Waals surface area contributed by atoms with Crippen LogP contribution >= 0.6 is 0 Å². The predicted octanol–water partition coefficient (Wildman–Crippen LogP) is 2.20. The lowest BCUT2D eigenvalue weighted by Gasteiger charge is -1.89. The van der Waals surface area contributed by atoms with Crippen molar-refractivity contribution < 1.29 is 0 Å². The first-order valence-corrected chi connectivity index (χ1v) is 3.55. The van der Waals surface area contributed by atoms with Crippen molar-refractivity contribution in [3.63, 3.8) is 0 Å². The average Bonchev–Trinajstić information content (AvgIpc) is 1.86. The number of nitrogens with one attached hydrogen (secondary N) is 1. The van der Waals surface area contributed by atoms with Crippen LogP contribution in [-0.2, 0) is 0 Å². The molecule has 0 aliphatic carbocycles. The SMILES string of the molecule is C=CC.CCCCNC. The van der Waals surface area contributed by atoms with Gasteiger partial charge >= 0.3 is 0 Å². The Morgan fingerprint density at radius 2 is 2.00 bits per heavy atom. The van der Waals surface area contributed by atoms with Crippen molar-refractivity contribution in [2.45, 2.75) is 26.7 Å². The van der Waals surface area contributed by atoms with Gasteiger partial charge in [0, 0.05) is 0 Å². The molecule has 0 radical (unpaired) electrons. The summed E-state index contributed by atoms with van der Waals surface area (Å²) in [6.07, 6.45) is 4.34. The van der Waals surface area contributed by atoms with Gasteiger partial charge in [-0.1, -0.05) is 19.4 Å². The molecule has 9 heavy (non-hydrogen) atoms. The maximum absolute atomic E-state index is 3.36. The Hall–Kier alpha value is -0.300. The summed E-state index contributed by atoms with van der Waals surface area (Å²) in [5, 5.41) is 3.07. The van der Waals surface area contributed by atoms with Crippen molar-refractivity contribution in [3.8, 4) is 0 Å². The second-order valence-electron chi connectivity index (χ2n) is 1.87. The lowest BCUT2D eigenvalue weighted by molar-refractivity contribution is 0.711. The summed E-state index contributed by atoms with van der Waals surface area (Å²) in [7, 11) is 1.98. The van der Waals surface area contributed by atoms with Crippen molar-refractivity contribution >= 4 is 0 Å². The summed E-state index contributed by atoms with van der Waals surface area (Å²) in [4.78, 5) is 0. The quantitative estimate of drug-likeness (QED) is 0.455. The van der Waals surface area contributed by atoms with Gasteiger partial charge in [0.05, 0.1) is 0 Å². The highest BCUT2D eigenvalue weighted by Crippen LogP contribution is 1.79. The number of rotatable bonds is 3. The van der Waals surface area contributed by atoms with E-state index in [1.807, 2.05) is 14.0 Å². The second-order valence-corrected chi connectivity index (χ2v) is 1.87. The van der Waals surface area contributed by atoms with E-state index in [0.29, 0.717) is 0 Å². The van der Waals surface area contributed by atoms with Crippen LogP contribution in [0.25, 0.3) is 0 Å². The molecule has 0 saturated heterocycles. The van der Waals surface area contributed by atoms with Crippen LogP contribution in [-0.4, -0.2) is 13.6 Å². The van der Waals surface area contributed by atoms with Gasteiger partial charge in [0.15, 0.2) is 0 Å². The Balaban J connectivity index is 0. The van der Waals surface area contributed by atoms with E-state index < -0.39 is 0 Å². The van der Waals surface area contributed by atoms with Crippen LogP contribution in [0, 0.1) is 0 Å². The molecule has 1 nitrogen and oxygen atoms in total. The smallest absolute Gasteiger partial charge is 0.00520 e. The van der Waals surface area contributed by atoms with Crippen molar-refractivity contribution in [1.29, 1.82) is 0 Å². The van der Waals surface area contributed by atoms with Gasteiger partial charge in [0.25, 0.3) is 0 Å². The van der Waals surface area contributed by atoms with Crippen LogP contribution in [0.15, 0.2) is 12.7 Å². The molecule has 0 aliphatic heterocycles. The van der Waals surface area contributed by atoms with Crippen LogP contribution in [0.4, 0.5) is 0 Å². The Morgan fingerprint density at radius 1 is 1.56 bits per heavy atom. The fourth-order valence-corrected chi connectivity index (χ4v) is 0.354. The Kier molecular flexibility index (Phi) is 20.0. The summed E-state index contributed by atoms with van der Waals surface area (Å²) < 4.78 is 0. The normalized spacial score (nSPS) is 7.44. The van der Waals surface area contributed by atoms with E-state index >= 15 is 0 Å². The predicted molar refractivity (Wildman–Crippen MR) is 44.7 cm³/mol. The van der Waals surface area contributed by atoms with Gasteiger partial charge in [0.2, 0.25) is 0 Å². The van der Waals surface area contributed by atoms with Gasteiger partial charge in [0.1, 0.15) is 0 Å². The van der Waals surface area contributed by atoms with Gasteiger partial charge in [-0.15, -0.1) is 6.58 Å². The first-order valence-electron chi connectivity index (χ1n) is 3.55. The largest absolute Gasteiger partial charge is 0.320 e. The van der Waals surface area contributed by atoms with E-state index in [2.05, 4.69) is 18.8 Å². The summed E-state index contributed by atoms with van der Waals surface area (Å²) in [6.45, 7) is 8.60. The molecule has 0 aromatic carbocycles. The third kappa shape index (κ3) is 34.3. The molecule has 0 aromatic heterocycles. The molecule has 1 heteroatoms. The number of hydrogen-bond acceptors (Lipinski definition) is 1. The van der Waals surface area contributed by atoms with Crippen LogP contribution in [0.1, 0.15) is 26.7 Å². The maximum atomic E-state index is 3.36. The van der Waals surface area contributed by atoms with Crippen LogP contribution in [0.2, 0.25) is 0 Å². The molecule has 0 unspecified atom stereocenters. The monoisotopic (exact) mass is 129 g/mol. The number of hydrogen-bond donors (Lipinski definition) is 1. The van der Waals surface area contributed by atoms with Gasteiger partial charge < -0.3 is 5.32 Å². The highest BCUT2D eigenvalue weighted by Gasteiger charge is 1.73. The van der Waals surface area contributed by atoms with E-state index in [0.717, 1.165) is 6.54 Å². The van der Waals surface area contributed by atoms with Crippen molar-refractivity contribution in [3.05, 3.63) is 12.7 Å². The molecular weight excluding hydrogens is 110 g/mol. The molecule has 0 aromatic rings. The molecule has 56 valence electrons. The van der Waals surface area contributed by atoms with Crippen LogP contribution < -0.4 is 5.32 Å². The van der Waals surface area contributed by atoms with Gasteiger partial charge in [-0.3, -0.25) is 0 Å². The summed E-state index contributed by atoms with van der Waals surface area (Å²) in [5.74, 6) is 0. The van der Waals surface area contributed by atoms with Crippen molar-refractivity contribution in [2.75, 3.05) is 13.6 Å². The zero-order chi connectivity index (χ0) is 7.54. The van der Waals surface area contributed by atoms with Gasteiger partial charge in [-0.25, -0.2) is 0 Å². The lowest BCUT2D eigenvalue weighted by atomic mass is 10.3. The first-order chi connectivity index (χ1) is 4.33. The fraction of sp³-hybridized carbons (Fsp3) is 0.750. The molecule has 0 atom stereocenters. The molecule has 1 N–H and O–H groups in total. The highest BCUT2D eigenvalue weighted by molar-refractivity contribution is 4.51. The van der Waals surface area contributed by atoms with E-state index in [1.165, 1.54) is 12.8 Å². The third-order valence-electron chi connectivity index (χ3n) is 0.780. The summed E-state index contributed by atoms with van der Waals surface area (Å²) >= 11 is 0. The maximum Gasteiger partial charge on any atom is -0.00520 e. The Morgan fingerprint density at radius 3 is 2.11 bits per heavy atom. The number of allylic oxidation sites excluding steroid dienone is 1. The fourth-order valence-electron chi connectivity index (χ4n) is 0.354. The third-order valence-corrected chi connectivity index (χ3v) is 0.780. The van der Waals surface area contributed by atoms with Crippen LogP contribution in [0.5, 0.6) is 0 Å². The molecule has 0 fully saturated rings. The Bertz CT molecular complexity index is 37.8. The van der Waals surface area contributed by atoms with E-state index in [4.69, 9.17) is 0 Å². The Labute approximate surface area is 59.2 Å². The molecule has 0 rings (SSSR count). The molecule has 0 bridgehead atoms. The van der Waals surface area contributed by atoms with E-state index in [9.17, 15) is 0 Å². The van der Waals surface area contributed by atoms with E-state index in [-0.39, 0.29) is 0 Å². The van der Waals surface area contributed by atoms with Crippen LogP contribution in [0.3, 0.4) is 0 Å². The molecule has 0 heterocycles. The van der Waals surface area contributed by atoms with Crippen molar-refractivity contribution in [2.24, 2.45) is 0 Å². The van der Waals surface area contributed by atoms with Gasteiger partial charge in [-0.2, -0.15) is 0 Å². The standard InChI is InChI=1S/C5H13N.C3H6/c1-3-4-5-6-2;1-3-2/h6H,3-5H2,1-2H3;3H,1H2,2H3.